The number of nitrogens with zero attached hydrogens (tertiary/aromatic N) is 2. The predicted molar refractivity (Wildman–Crippen MR) is 65.3 cm³/mol. The van der Waals surface area contributed by atoms with Crippen molar-refractivity contribution in [3.8, 4) is 0 Å². The molecule has 0 amide bonds. The van der Waals surface area contributed by atoms with Gasteiger partial charge in [-0.05, 0) is 33.8 Å². The van der Waals surface area contributed by atoms with Gasteiger partial charge in [0.2, 0.25) is 0 Å². The number of nitrogens with one attached hydrogen (secondary N) is 1. The van der Waals surface area contributed by atoms with Crippen LogP contribution in [0.25, 0.3) is 0 Å². The molecule has 0 aliphatic carbocycles. The van der Waals surface area contributed by atoms with Gasteiger partial charge in [0, 0.05) is 32.4 Å². The molecule has 1 aromatic rings. The molecule has 0 bridgehead atoms. The first kappa shape index (κ1) is 13.2. The number of hydrogen-bond acceptors (Lipinski definition) is 3. The Morgan fingerprint density at radius 1 is 1.56 bits per heavy atom. The maximum absolute atomic E-state index is 5.64. The first-order valence-corrected chi connectivity index (χ1v) is 5.81. The molecule has 0 saturated carbocycles. The average Bonchev–Trinajstić information content (AvgIpc) is 2.61. The van der Waals surface area contributed by atoms with Crippen LogP contribution in [0, 0.1) is 0 Å². The first-order valence-electron chi connectivity index (χ1n) is 5.81. The van der Waals surface area contributed by atoms with Crippen molar-refractivity contribution in [2.45, 2.75) is 39.3 Å². The highest BCUT2D eigenvalue weighted by atomic mass is 16.5. The predicted octanol–water partition coefficient (Wildman–Crippen LogP) is 1.89. The van der Waals surface area contributed by atoms with Gasteiger partial charge >= 0.3 is 0 Å². The number of aromatic nitrogens is 2. The highest BCUT2D eigenvalue weighted by molar-refractivity contribution is 5.05. The van der Waals surface area contributed by atoms with Gasteiger partial charge in [0.1, 0.15) is 0 Å². The van der Waals surface area contributed by atoms with E-state index in [0.717, 1.165) is 13.2 Å². The molecule has 0 spiro atoms. The second-order valence-corrected chi connectivity index (χ2v) is 4.67. The Bertz CT molecular complexity index is 320. The van der Waals surface area contributed by atoms with Gasteiger partial charge in [-0.25, -0.2) is 0 Å². The van der Waals surface area contributed by atoms with E-state index in [1.165, 1.54) is 5.69 Å². The minimum atomic E-state index is -0.123. The zero-order valence-corrected chi connectivity index (χ0v) is 10.9. The Morgan fingerprint density at radius 3 is 2.75 bits per heavy atom. The fourth-order valence-electron chi connectivity index (χ4n) is 1.75. The van der Waals surface area contributed by atoms with Crippen LogP contribution in [0.3, 0.4) is 0 Å². The largest absolute Gasteiger partial charge is 0.375 e. The summed E-state index contributed by atoms with van der Waals surface area (Å²) in [6.45, 7) is 9.92. The van der Waals surface area contributed by atoms with Crippen LogP contribution in [0.1, 0.15) is 39.4 Å². The molecule has 0 saturated heterocycles. The molecule has 1 rings (SSSR count). The SMILES string of the molecule is CCOC(C)(C)CNC(C)c1ccnn1C. The molecule has 1 unspecified atom stereocenters. The van der Waals surface area contributed by atoms with Crippen molar-refractivity contribution in [3.05, 3.63) is 18.0 Å². The monoisotopic (exact) mass is 225 g/mol. The lowest BCUT2D eigenvalue weighted by atomic mass is 10.1. The van der Waals surface area contributed by atoms with Gasteiger partial charge in [-0.15, -0.1) is 0 Å². The summed E-state index contributed by atoms with van der Waals surface area (Å²) in [7, 11) is 1.96. The van der Waals surface area contributed by atoms with E-state index < -0.39 is 0 Å². The summed E-state index contributed by atoms with van der Waals surface area (Å²) in [5.41, 5.74) is 1.06. The molecule has 0 aliphatic heterocycles. The molecule has 0 aromatic carbocycles. The third-order valence-corrected chi connectivity index (χ3v) is 2.67. The minimum Gasteiger partial charge on any atom is -0.375 e. The molecule has 16 heavy (non-hydrogen) atoms. The quantitative estimate of drug-likeness (QED) is 0.803. The van der Waals surface area contributed by atoms with E-state index >= 15 is 0 Å². The van der Waals surface area contributed by atoms with Crippen LogP contribution in [-0.4, -0.2) is 28.5 Å². The van der Waals surface area contributed by atoms with Gasteiger partial charge in [0.25, 0.3) is 0 Å². The lowest BCUT2D eigenvalue weighted by Gasteiger charge is -2.27. The lowest BCUT2D eigenvalue weighted by Crippen LogP contribution is -2.39. The summed E-state index contributed by atoms with van der Waals surface area (Å²) in [4.78, 5) is 0. The van der Waals surface area contributed by atoms with Crippen LogP contribution >= 0.6 is 0 Å². The highest BCUT2D eigenvalue weighted by Gasteiger charge is 2.19. The second kappa shape index (κ2) is 5.46. The Hall–Kier alpha value is -0.870. The van der Waals surface area contributed by atoms with Crippen LogP contribution in [0.5, 0.6) is 0 Å². The van der Waals surface area contributed by atoms with Crippen molar-refractivity contribution in [2.75, 3.05) is 13.2 Å². The number of hydrogen-bond donors (Lipinski definition) is 1. The molecule has 4 nitrogen and oxygen atoms in total. The molecular weight excluding hydrogens is 202 g/mol. The van der Waals surface area contributed by atoms with Crippen molar-refractivity contribution in [2.24, 2.45) is 7.05 Å². The summed E-state index contributed by atoms with van der Waals surface area (Å²) >= 11 is 0. The fraction of sp³-hybridized carbons (Fsp3) is 0.750. The maximum atomic E-state index is 5.64. The van der Waals surface area contributed by atoms with Crippen molar-refractivity contribution in [1.29, 1.82) is 0 Å². The van der Waals surface area contributed by atoms with E-state index in [9.17, 15) is 0 Å². The first-order chi connectivity index (χ1) is 7.46. The van der Waals surface area contributed by atoms with Gasteiger partial charge < -0.3 is 10.1 Å². The maximum Gasteiger partial charge on any atom is 0.0750 e. The molecule has 92 valence electrons. The third-order valence-electron chi connectivity index (χ3n) is 2.67. The Kier molecular flexibility index (Phi) is 4.50. The summed E-state index contributed by atoms with van der Waals surface area (Å²) < 4.78 is 7.54. The molecule has 4 heteroatoms. The van der Waals surface area contributed by atoms with E-state index in [2.05, 4.69) is 31.2 Å². The molecule has 1 heterocycles. The normalized spacial score (nSPS) is 14.1. The van der Waals surface area contributed by atoms with Gasteiger partial charge in [-0.1, -0.05) is 0 Å². The molecule has 1 N–H and O–H groups in total. The summed E-state index contributed by atoms with van der Waals surface area (Å²) in [6.07, 6.45) is 1.82. The minimum absolute atomic E-state index is 0.123. The molecule has 0 radical (unpaired) electrons. The standard InChI is InChI=1S/C12H23N3O/c1-6-16-12(3,4)9-13-10(2)11-7-8-14-15(11)5/h7-8,10,13H,6,9H2,1-5H3. The molecule has 0 fully saturated rings. The fourth-order valence-corrected chi connectivity index (χ4v) is 1.75. The van der Waals surface area contributed by atoms with Gasteiger partial charge in [0.05, 0.1) is 11.3 Å². The third kappa shape index (κ3) is 3.61. The van der Waals surface area contributed by atoms with Crippen LogP contribution in [0.4, 0.5) is 0 Å². The summed E-state index contributed by atoms with van der Waals surface area (Å²) in [5.74, 6) is 0. The second-order valence-electron chi connectivity index (χ2n) is 4.67. The van der Waals surface area contributed by atoms with E-state index in [1.807, 2.05) is 30.9 Å². The number of aryl methyl sites for hydroxylation is 1. The summed E-state index contributed by atoms with van der Waals surface area (Å²) in [6, 6.07) is 2.32. The van der Waals surface area contributed by atoms with E-state index in [4.69, 9.17) is 4.74 Å². The van der Waals surface area contributed by atoms with Crippen LogP contribution in [0.15, 0.2) is 12.3 Å². The van der Waals surface area contributed by atoms with Crippen LogP contribution in [-0.2, 0) is 11.8 Å². The zero-order chi connectivity index (χ0) is 12.2. The average molecular weight is 225 g/mol. The van der Waals surface area contributed by atoms with Crippen LogP contribution < -0.4 is 5.32 Å². The topological polar surface area (TPSA) is 39.1 Å². The van der Waals surface area contributed by atoms with Crippen molar-refractivity contribution in [3.63, 3.8) is 0 Å². The molecular formula is C12H23N3O. The van der Waals surface area contributed by atoms with Crippen molar-refractivity contribution < 1.29 is 4.74 Å². The Labute approximate surface area is 98.0 Å². The van der Waals surface area contributed by atoms with Gasteiger partial charge in [0.15, 0.2) is 0 Å². The Balaban J connectivity index is 2.47. The number of rotatable bonds is 6. The van der Waals surface area contributed by atoms with E-state index in [1.54, 1.807) is 0 Å². The smallest absolute Gasteiger partial charge is 0.0750 e. The summed E-state index contributed by atoms with van der Waals surface area (Å²) in [5, 5.41) is 7.63. The molecule has 1 aromatic heterocycles. The van der Waals surface area contributed by atoms with Gasteiger partial charge in [-0.2, -0.15) is 5.10 Å². The van der Waals surface area contributed by atoms with Crippen molar-refractivity contribution in [1.82, 2.24) is 15.1 Å². The Morgan fingerprint density at radius 2 is 2.25 bits per heavy atom. The number of ether oxygens (including phenoxy) is 1. The van der Waals surface area contributed by atoms with E-state index in [0.29, 0.717) is 0 Å². The van der Waals surface area contributed by atoms with Gasteiger partial charge in [-0.3, -0.25) is 4.68 Å². The highest BCUT2D eigenvalue weighted by Crippen LogP contribution is 2.13. The lowest BCUT2D eigenvalue weighted by molar-refractivity contribution is -0.0104. The van der Waals surface area contributed by atoms with E-state index in [-0.39, 0.29) is 11.6 Å². The molecule has 1 atom stereocenters. The van der Waals surface area contributed by atoms with Crippen LogP contribution in [0.2, 0.25) is 0 Å². The molecule has 0 aliphatic rings. The van der Waals surface area contributed by atoms with Crippen molar-refractivity contribution >= 4 is 0 Å². The zero-order valence-electron chi connectivity index (χ0n) is 10.9.